The Labute approximate surface area is 170 Å². The van der Waals surface area contributed by atoms with Crippen LogP contribution < -0.4 is 4.90 Å². The smallest absolute Gasteiger partial charge is 0.309 e. The predicted octanol–water partition coefficient (Wildman–Crippen LogP) is 2.04. The number of carbonyl (C=O) groups is 2. The molecule has 29 heavy (non-hydrogen) atoms. The SMILES string of the molecule is CCOC(=O)C1CCN(C(=O)[C@H]2CCCN(c3cnc4nccnc4c3)C2)CC1. The minimum Gasteiger partial charge on any atom is -0.466 e. The van der Waals surface area contributed by atoms with Gasteiger partial charge in [0, 0.05) is 38.6 Å². The molecule has 4 heterocycles. The number of amides is 1. The number of aromatic nitrogens is 3. The van der Waals surface area contributed by atoms with Crippen molar-refractivity contribution >= 4 is 28.7 Å². The highest BCUT2D eigenvalue weighted by Gasteiger charge is 2.33. The van der Waals surface area contributed by atoms with Crippen LogP contribution in [0.25, 0.3) is 11.2 Å². The van der Waals surface area contributed by atoms with Crippen LogP contribution in [0.5, 0.6) is 0 Å². The predicted molar refractivity (Wildman–Crippen MR) is 108 cm³/mol. The number of hydrogen-bond donors (Lipinski definition) is 0. The first-order valence-corrected chi connectivity index (χ1v) is 10.4. The minimum atomic E-state index is -0.129. The molecule has 2 aliphatic heterocycles. The van der Waals surface area contributed by atoms with Crippen molar-refractivity contribution in [2.75, 3.05) is 37.7 Å². The second-order valence-corrected chi connectivity index (χ2v) is 7.73. The topological polar surface area (TPSA) is 88.5 Å². The molecule has 8 heteroatoms. The van der Waals surface area contributed by atoms with Gasteiger partial charge in [0.2, 0.25) is 5.91 Å². The van der Waals surface area contributed by atoms with Gasteiger partial charge in [-0.1, -0.05) is 0 Å². The van der Waals surface area contributed by atoms with E-state index in [9.17, 15) is 9.59 Å². The molecule has 2 aliphatic rings. The van der Waals surface area contributed by atoms with Crippen LogP contribution in [0.15, 0.2) is 24.7 Å². The lowest BCUT2D eigenvalue weighted by Gasteiger charge is -2.38. The first-order valence-electron chi connectivity index (χ1n) is 10.4. The van der Waals surface area contributed by atoms with Crippen LogP contribution in [0.4, 0.5) is 5.69 Å². The summed E-state index contributed by atoms with van der Waals surface area (Å²) < 4.78 is 5.12. The Bertz CT molecular complexity index is 882. The number of rotatable bonds is 4. The van der Waals surface area contributed by atoms with Gasteiger partial charge in [-0.05, 0) is 38.7 Å². The molecule has 2 aromatic heterocycles. The number of piperidine rings is 2. The summed E-state index contributed by atoms with van der Waals surface area (Å²) in [5.74, 6) is -0.0343. The molecule has 0 spiro atoms. The number of fused-ring (bicyclic) bond motifs is 1. The first-order chi connectivity index (χ1) is 14.2. The summed E-state index contributed by atoms with van der Waals surface area (Å²) in [6.07, 6.45) is 8.35. The van der Waals surface area contributed by atoms with Gasteiger partial charge in [-0.25, -0.2) is 9.97 Å². The lowest BCUT2D eigenvalue weighted by molar-refractivity contribution is -0.151. The van der Waals surface area contributed by atoms with Gasteiger partial charge in [0.05, 0.1) is 30.3 Å². The second-order valence-electron chi connectivity index (χ2n) is 7.73. The van der Waals surface area contributed by atoms with E-state index in [1.54, 1.807) is 12.4 Å². The molecule has 2 fully saturated rings. The summed E-state index contributed by atoms with van der Waals surface area (Å²) in [4.78, 5) is 42.1. The van der Waals surface area contributed by atoms with E-state index in [1.165, 1.54) is 0 Å². The van der Waals surface area contributed by atoms with E-state index < -0.39 is 0 Å². The van der Waals surface area contributed by atoms with Crippen LogP contribution in [-0.2, 0) is 14.3 Å². The number of nitrogens with zero attached hydrogens (tertiary/aromatic N) is 5. The van der Waals surface area contributed by atoms with Crippen molar-refractivity contribution in [3.63, 3.8) is 0 Å². The summed E-state index contributed by atoms with van der Waals surface area (Å²) in [5.41, 5.74) is 2.38. The molecule has 2 saturated heterocycles. The number of esters is 1. The van der Waals surface area contributed by atoms with Crippen molar-refractivity contribution in [3.8, 4) is 0 Å². The Kier molecular flexibility index (Phi) is 5.87. The lowest BCUT2D eigenvalue weighted by Crippen LogP contribution is -2.48. The largest absolute Gasteiger partial charge is 0.466 e. The Morgan fingerprint density at radius 1 is 1.07 bits per heavy atom. The Hall–Kier alpha value is -2.77. The molecule has 4 rings (SSSR count). The van der Waals surface area contributed by atoms with Crippen LogP contribution in [0.1, 0.15) is 32.6 Å². The fraction of sp³-hybridized carbons (Fsp3) is 0.571. The number of carbonyl (C=O) groups excluding carboxylic acids is 2. The summed E-state index contributed by atoms with van der Waals surface area (Å²) in [7, 11) is 0. The maximum Gasteiger partial charge on any atom is 0.309 e. The average molecular weight is 397 g/mol. The average Bonchev–Trinajstić information content (AvgIpc) is 2.78. The van der Waals surface area contributed by atoms with Crippen LogP contribution >= 0.6 is 0 Å². The quantitative estimate of drug-likeness (QED) is 0.730. The molecule has 0 N–H and O–H groups in total. The van der Waals surface area contributed by atoms with E-state index in [0.717, 1.165) is 30.6 Å². The van der Waals surface area contributed by atoms with E-state index in [1.807, 2.05) is 24.1 Å². The summed E-state index contributed by atoms with van der Waals surface area (Å²) in [5, 5.41) is 0. The highest BCUT2D eigenvalue weighted by atomic mass is 16.5. The van der Waals surface area contributed by atoms with Gasteiger partial charge in [0.25, 0.3) is 0 Å². The van der Waals surface area contributed by atoms with Gasteiger partial charge in [0.15, 0.2) is 5.65 Å². The van der Waals surface area contributed by atoms with Crippen molar-refractivity contribution < 1.29 is 14.3 Å². The number of likely N-dealkylation sites (tertiary alicyclic amines) is 1. The fourth-order valence-electron chi connectivity index (χ4n) is 4.29. The zero-order valence-corrected chi connectivity index (χ0v) is 16.8. The van der Waals surface area contributed by atoms with Gasteiger partial charge in [-0.15, -0.1) is 0 Å². The van der Waals surface area contributed by atoms with Gasteiger partial charge in [-0.2, -0.15) is 0 Å². The zero-order valence-electron chi connectivity index (χ0n) is 16.8. The molecule has 1 atom stereocenters. The van der Waals surface area contributed by atoms with Crippen molar-refractivity contribution in [3.05, 3.63) is 24.7 Å². The summed E-state index contributed by atoms with van der Waals surface area (Å²) in [6, 6.07) is 1.99. The highest BCUT2D eigenvalue weighted by Crippen LogP contribution is 2.27. The molecule has 0 unspecified atom stereocenters. The van der Waals surface area contributed by atoms with E-state index in [2.05, 4.69) is 19.9 Å². The van der Waals surface area contributed by atoms with Gasteiger partial charge in [-0.3, -0.25) is 14.6 Å². The van der Waals surface area contributed by atoms with Crippen LogP contribution in [0, 0.1) is 11.8 Å². The van der Waals surface area contributed by atoms with Crippen molar-refractivity contribution in [1.82, 2.24) is 19.9 Å². The maximum atomic E-state index is 13.1. The minimum absolute atomic E-state index is 0.0274. The molecular weight excluding hydrogens is 370 g/mol. The third-order valence-electron chi connectivity index (χ3n) is 5.87. The standard InChI is InChI=1S/C21H27N5O3/c1-2-29-21(28)15-5-10-25(11-6-15)20(27)16-4-3-9-26(14-16)17-12-18-19(24-13-17)23-8-7-22-18/h7-8,12-13,15-16H,2-6,9-11,14H2,1H3/t16-/m0/s1. The maximum absolute atomic E-state index is 13.1. The first kappa shape index (κ1) is 19.5. The van der Waals surface area contributed by atoms with Crippen molar-refractivity contribution in [1.29, 1.82) is 0 Å². The van der Waals surface area contributed by atoms with Gasteiger partial charge >= 0.3 is 5.97 Å². The zero-order chi connectivity index (χ0) is 20.2. The number of pyridine rings is 1. The third kappa shape index (κ3) is 4.31. The van der Waals surface area contributed by atoms with E-state index in [4.69, 9.17) is 4.74 Å². The molecular formula is C21H27N5O3. The summed E-state index contributed by atoms with van der Waals surface area (Å²) in [6.45, 7) is 5.08. The molecule has 2 aromatic rings. The Balaban J connectivity index is 1.38. The van der Waals surface area contributed by atoms with Gasteiger partial charge < -0.3 is 14.5 Å². The third-order valence-corrected chi connectivity index (χ3v) is 5.87. The Morgan fingerprint density at radius 2 is 1.86 bits per heavy atom. The molecule has 0 saturated carbocycles. The van der Waals surface area contributed by atoms with E-state index >= 15 is 0 Å². The lowest BCUT2D eigenvalue weighted by atomic mass is 9.92. The van der Waals surface area contributed by atoms with Crippen LogP contribution in [-0.4, -0.2) is 64.5 Å². The fourth-order valence-corrected chi connectivity index (χ4v) is 4.29. The van der Waals surface area contributed by atoms with Crippen molar-refractivity contribution in [2.45, 2.75) is 32.6 Å². The van der Waals surface area contributed by atoms with E-state index in [-0.39, 0.29) is 23.7 Å². The number of hydrogen-bond acceptors (Lipinski definition) is 7. The molecule has 0 bridgehead atoms. The number of ether oxygens (including phenoxy) is 1. The van der Waals surface area contributed by atoms with Crippen molar-refractivity contribution in [2.24, 2.45) is 11.8 Å². The molecule has 0 radical (unpaired) electrons. The van der Waals surface area contributed by atoms with Gasteiger partial charge in [0.1, 0.15) is 5.52 Å². The normalized spacial score (nSPS) is 20.7. The molecule has 0 aromatic carbocycles. The monoisotopic (exact) mass is 397 g/mol. The molecule has 0 aliphatic carbocycles. The second kappa shape index (κ2) is 8.71. The molecule has 8 nitrogen and oxygen atoms in total. The van der Waals surface area contributed by atoms with Crippen LogP contribution in [0.2, 0.25) is 0 Å². The van der Waals surface area contributed by atoms with E-state index in [0.29, 0.717) is 44.7 Å². The molecule has 1 amide bonds. The van der Waals surface area contributed by atoms with Crippen LogP contribution in [0.3, 0.4) is 0 Å². The Morgan fingerprint density at radius 3 is 2.66 bits per heavy atom. The summed E-state index contributed by atoms with van der Waals surface area (Å²) >= 11 is 0. The molecule has 154 valence electrons. The number of anilines is 1. The highest BCUT2D eigenvalue weighted by molar-refractivity contribution is 5.81.